The number of hydrogen-bond donors (Lipinski definition) is 0. The molecular formula is C23H24FeO2Se. The van der Waals surface area contributed by atoms with Crippen molar-refractivity contribution in [1.29, 1.82) is 0 Å². The maximum Gasteiger partial charge on any atom is 2.00 e. The number of rotatable bonds is 7. The SMILES string of the molecule is C=CC(c1ccccc1)C([Se][c-]1cccc1)C(=O)OCC.[Fe+2].c1cc[cH-]c1. The minimum absolute atomic E-state index is 0. The van der Waals surface area contributed by atoms with E-state index < -0.39 is 0 Å². The van der Waals surface area contributed by atoms with Crippen molar-refractivity contribution in [3.05, 3.63) is 103 Å². The van der Waals surface area contributed by atoms with Crippen LogP contribution in [0, 0.1) is 0 Å². The number of carbonyl (C=O) groups is 1. The smallest absolute Gasteiger partial charge is 0.214 e. The van der Waals surface area contributed by atoms with Crippen LogP contribution >= 0.6 is 0 Å². The van der Waals surface area contributed by atoms with Crippen molar-refractivity contribution < 1.29 is 26.6 Å². The first-order valence-electron chi connectivity index (χ1n) is 8.65. The van der Waals surface area contributed by atoms with Crippen LogP contribution in [0.5, 0.6) is 0 Å². The fourth-order valence-electron chi connectivity index (χ4n) is 2.50. The van der Waals surface area contributed by atoms with Crippen molar-refractivity contribution in [2.45, 2.75) is 17.7 Å². The normalized spacial score (nSPS) is 11.9. The van der Waals surface area contributed by atoms with E-state index >= 15 is 0 Å². The van der Waals surface area contributed by atoms with Crippen molar-refractivity contribution in [2.24, 2.45) is 0 Å². The van der Waals surface area contributed by atoms with E-state index in [1.165, 1.54) is 4.46 Å². The third-order valence-corrected chi connectivity index (χ3v) is 6.43. The van der Waals surface area contributed by atoms with E-state index in [2.05, 4.69) is 18.7 Å². The van der Waals surface area contributed by atoms with Crippen LogP contribution in [0.15, 0.2) is 97.6 Å². The Morgan fingerprint density at radius 3 is 2.26 bits per heavy atom. The fourth-order valence-corrected chi connectivity index (χ4v) is 4.99. The second-order valence-electron chi connectivity index (χ2n) is 5.55. The van der Waals surface area contributed by atoms with Crippen LogP contribution in [0.2, 0.25) is 4.82 Å². The van der Waals surface area contributed by atoms with Gasteiger partial charge in [-0.25, -0.2) is 12.1 Å². The Labute approximate surface area is 179 Å². The van der Waals surface area contributed by atoms with Crippen molar-refractivity contribution in [1.82, 2.24) is 0 Å². The maximum absolute atomic E-state index is 12.4. The average molecular weight is 467 g/mol. The second-order valence-corrected chi connectivity index (χ2v) is 8.09. The Kier molecular flexibility index (Phi) is 11.5. The molecule has 0 amide bonds. The topological polar surface area (TPSA) is 26.3 Å². The molecule has 142 valence electrons. The second kappa shape index (κ2) is 13.4. The number of allylic oxidation sites excluding steroid dienone is 1. The van der Waals surface area contributed by atoms with Crippen molar-refractivity contribution in [3.63, 3.8) is 0 Å². The molecule has 0 saturated heterocycles. The van der Waals surface area contributed by atoms with Gasteiger partial charge in [0.15, 0.2) is 0 Å². The summed E-state index contributed by atoms with van der Waals surface area (Å²) in [5.74, 6) is -0.146. The zero-order valence-corrected chi connectivity index (χ0v) is 18.1. The predicted molar refractivity (Wildman–Crippen MR) is 109 cm³/mol. The van der Waals surface area contributed by atoms with Crippen LogP contribution in [0.3, 0.4) is 0 Å². The van der Waals surface area contributed by atoms with Gasteiger partial charge in [-0.3, -0.25) is 0 Å². The van der Waals surface area contributed by atoms with E-state index in [0.717, 1.165) is 5.56 Å². The third-order valence-electron chi connectivity index (χ3n) is 3.73. The van der Waals surface area contributed by atoms with Crippen LogP contribution in [-0.4, -0.2) is 27.5 Å². The molecule has 4 heteroatoms. The summed E-state index contributed by atoms with van der Waals surface area (Å²) in [6.07, 6.45) is 1.86. The third kappa shape index (κ3) is 7.74. The molecule has 0 bridgehead atoms. The molecule has 0 heterocycles. The average Bonchev–Trinajstić information content (AvgIpc) is 3.39. The number of hydrogen-bond acceptors (Lipinski definition) is 2. The summed E-state index contributed by atoms with van der Waals surface area (Å²) in [6.45, 7) is 6.18. The number of benzene rings is 1. The summed E-state index contributed by atoms with van der Waals surface area (Å²) < 4.78 is 6.50. The first-order valence-corrected chi connectivity index (χ1v) is 10.5. The Morgan fingerprint density at radius 1 is 1.15 bits per heavy atom. The van der Waals surface area contributed by atoms with E-state index in [1.807, 2.05) is 85.8 Å². The molecule has 0 fully saturated rings. The summed E-state index contributed by atoms with van der Waals surface area (Å²) in [4.78, 5) is 12.2. The fraction of sp³-hybridized carbons (Fsp3) is 0.174. The van der Waals surface area contributed by atoms with Crippen LogP contribution < -0.4 is 4.46 Å². The predicted octanol–water partition coefficient (Wildman–Crippen LogP) is 4.46. The van der Waals surface area contributed by atoms with Crippen molar-refractivity contribution in [2.75, 3.05) is 6.61 Å². The minimum Gasteiger partial charge on any atom is -0.214 e. The zero-order valence-electron chi connectivity index (χ0n) is 15.3. The molecular weight excluding hydrogens is 443 g/mol. The van der Waals surface area contributed by atoms with E-state index in [1.54, 1.807) is 0 Å². The molecule has 0 aromatic heterocycles. The molecule has 0 radical (unpaired) electrons. The molecule has 2 nitrogen and oxygen atoms in total. The number of esters is 1. The quantitative estimate of drug-likeness (QED) is 0.222. The van der Waals surface area contributed by atoms with Crippen LogP contribution in [0.25, 0.3) is 0 Å². The van der Waals surface area contributed by atoms with Gasteiger partial charge in [-0.15, -0.1) is 0 Å². The summed E-state index contributed by atoms with van der Waals surface area (Å²) >= 11 is 0.0183. The van der Waals surface area contributed by atoms with E-state index in [4.69, 9.17) is 4.74 Å². The molecule has 0 aliphatic rings. The molecule has 0 saturated carbocycles. The van der Waals surface area contributed by atoms with Gasteiger partial charge in [-0.2, -0.15) is 18.2 Å². The summed E-state index contributed by atoms with van der Waals surface area (Å²) in [7, 11) is 0. The van der Waals surface area contributed by atoms with Crippen LogP contribution in [-0.2, 0) is 26.6 Å². The molecule has 27 heavy (non-hydrogen) atoms. The molecule has 0 aliphatic heterocycles. The van der Waals surface area contributed by atoms with Gasteiger partial charge >= 0.3 is 149 Å². The summed E-state index contributed by atoms with van der Waals surface area (Å²) in [6, 6.07) is 28.2. The first-order chi connectivity index (χ1) is 12.8. The van der Waals surface area contributed by atoms with Gasteiger partial charge in [0.1, 0.15) is 0 Å². The minimum atomic E-state index is -0.181. The van der Waals surface area contributed by atoms with E-state index in [0.29, 0.717) is 6.61 Å². The van der Waals surface area contributed by atoms with Gasteiger partial charge in [0.05, 0.1) is 0 Å². The van der Waals surface area contributed by atoms with Crippen molar-refractivity contribution >= 4 is 25.4 Å². The zero-order chi connectivity index (χ0) is 18.6. The molecule has 2 atom stereocenters. The van der Waals surface area contributed by atoms with Crippen LogP contribution in [0.4, 0.5) is 0 Å². The maximum atomic E-state index is 12.4. The molecule has 0 N–H and O–H groups in total. The molecule has 2 unspecified atom stereocenters. The van der Waals surface area contributed by atoms with Gasteiger partial charge in [-0.1, -0.05) is 0 Å². The Balaban J connectivity index is 0.000000526. The van der Waals surface area contributed by atoms with Gasteiger partial charge in [0, 0.05) is 0 Å². The molecule has 3 aromatic carbocycles. The van der Waals surface area contributed by atoms with Crippen molar-refractivity contribution in [3.8, 4) is 0 Å². The molecule has 3 aromatic rings. The number of carbonyl (C=O) groups excluding carboxylic acids is 1. The standard InChI is InChI=1S/C18H19O2Se.C5H5.Fe/c1-3-16(14-10-6-5-7-11-14)17(18(19)20-4-2)21-15-12-8-9-13-15;1-2-4-5-3-1;/h3,5-13,16-17H,1,4H2,2H3;1-5H;/q2*-1;+2. The molecule has 0 spiro atoms. The molecule has 3 rings (SSSR count). The van der Waals surface area contributed by atoms with E-state index in [-0.39, 0.29) is 48.7 Å². The largest absolute Gasteiger partial charge is 2.00 e. The first kappa shape index (κ1) is 23.2. The van der Waals surface area contributed by atoms with E-state index in [9.17, 15) is 4.79 Å². The Bertz CT molecular complexity index is 719. The summed E-state index contributed by atoms with van der Waals surface area (Å²) in [5.41, 5.74) is 1.11. The van der Waals surface area contributed by atoms with Crippen LogP contribution in [0.1, 0.15) is 18.4 Å². The van der Waals surface area contributed by atoms with Gasteiger partial charge in [-0.05, 0) is 0 Å². The Morgan fingerprint density at radius 2 is 1.78 bits per heavy atom. The van der Waals surface area contributed by atoms with Gasteiger partial charge in [0.2, 0.25) is 0 Å². The Hall–Kier alpha value is -1.83. The molecule has 0 aliphatic carbocycles. The summed E-state index contributed by atoms with van der Waals surface area (Å²) in [5, 5.41) is 0. The monoisotopic (exact) mass is 468 g/mol. The number of ether oxygens (including phenoxy) is 1. The van der Waals surface area contributed by atoms with Gasteiger partial charge in [0.25, 0.3) is 0 Å². The van der Waals surface area contributed by atoms with Gasteiger partial charge < -0.3 is 0 Å².